The number of benzene rings is 2. The maximum Gasteiger partial charge on any atom is 0.416 e. The van der Waals surface area contributed by atoms with E-state index in [1.165, 1.54) is 38.4 Å². The fraction of sp³-hybridized carbons (Fsp3) is 0.259. The van der Waals surface area contributed by atoms with E-state index in [1.807, 2.05) is 0 Å². The minimum atomic E-state index is -5.05. The molecule has 0 atom stereocenters. The molecule has 5 nitrogen and oxygen atoms in total. The Morgan fingerprint density at radius 1 is 0.925 bits per heavy atom. The van der Waals surface area contributed by atoms with Crippen LogP contribution in [0.5, 0.6) is 0 Å². The van der Waals surface area contributed by atoms with Crippen molar-refractivity contribution in [1.82, 2.24) is 14.4 Å². The van der Waals surface area contributed by atoms with Crippen LogP contribution in [0.2, 0.25) is 0 Å². The summed E-state index contributed by atoms with van der Waals surface area (Å²) < 4.78 is 94.8. The maximum absolute atomic E-state index is 13.7. The number of amides is 1. The van der Waals surface area contributed by atoms with Gasteiger partial charge in [-0.1, -0.05) is 18.2 Å². The first-order chi connectivity index (χ1) is 18.1. The van der Waals surface area contributed by atoms with E-state index in [0.717, 1.165) is 9.47 Å². The Labute approximate surface area is 240 Å². The molecule has 0 aliphatic carbocycles. The van der Waals surface area contributed by atoms with Gasteiger partial charge in [-0.05, 0) is 41.5 Å². The Morgan fingerprint density at radius 2 is 1.48 bits per heavy atom. The second-order valence-corrected chi connectivity index (χ2v) is 9.27. The average Bonchev–Trinajstić information content (AvgIpc) is 2.85. The van der Waals surface area contributed by atoms with E-state index in [0.29, 0.717) is 34.7 Å². The first-order valence-electron chi connectivity index (χ1n) is 11.5. The number of pyridine rings is 1. The second-order valence-electron chi connectivity index (χ2n) is 9.27. The molecule has 1 aliphatic heterocycles. The molecule has 0 bridgehead atoms. The van der Waals surface area contributed by atoms with Crippen LogP contribution in [0.15, 0.2) is 47.3 Å². The third-order valence-corrected chi connectivity index (χ3v) is 6.35. The first-order valence-corrected chi connectivity index (χ1v) is 11.5. The van der Waals surface area contributed by atoms with Gasteiger partial charge >= 0.3 is 12.4 Å². The molecule has 1 amide bonds. The van der Waals surface area contributed by atoms with Gasteiger partial charge in [-0.2, -0.15) is 26.3 Å². The fourth-order valence-electron chi connectivity index (χ4n) is 4.46. The van der Waals surface area contributed by atoms with E-state index < -0.39 is 52.9 Å². The molecule has 1 aliphatic rings. The summed E-state index contributed by atoms with van der Waals surface area (Å²) in [6, 6.07) is 6.26. The Bertz CT molecular complexity index is 1600. The number of nitrogens with zero attached hydrogens (tertiary/aromatic N) is 3. The summed E-state index contributed by atoms with van der Waals surface area (Å²) in [5, 5.41) is 0.690. The number of aromatic nitrogens is 1. The second kappa shape index (κ2) is 11.3. The average molecular weight is 681 g/mol. The highest BCUT2D eigenvalue weighted by Gasteiger charge is 2.37. The van der Waals surface area contributed by atoms with E-state index in [4.69, 9.17) is 0 Å². The highest BCUT2D eigenvalue weighted by molar-refractivity contribution is 14.0. The minimum Gasteiger partial charge on any atom is -0.376 e. The molecular formula is C27H23F7IN3O2. The molecule has 3 aromatic rings. The summed E-state index contributed by atoms with van der Waals surface area (Å²) in [4.78, 5) is 29.6. The Morgan fingerprint density at radius 3 is 2.00 bits per heavy atom. The molecule has 0 saturated heterocycles. The maximum atomic E-state index is 13.7. The van der Waals surface area contributed by atoms with Gasteiger partial charge in [0.05, 0.1) is 11.1 Å². The van der Waals surface area contributed by atoms with Crippen molar-refractivity contribution in [3.63, 3.8) is 0 Å². The summed E-state index contributed by atoms with van der Waals surface area (Å²) in [7, 11) is 4.29. The van der Waals surface area contributed by atoms with E-state index in [9.17, 15) is 40.3 Å². The van der Waals surface area contributed by atoms with Crippen LogP contribution in [-0.2, 0) is 25.9 Å². The molecule has 0 radical (unpaired) electrons. The zero-order chi connectivity index (χ0) is 28.9. The van der Waals surface area contributed by atoms with Gasteiger partial charge in [0.15, 0.2) is 0 Å². The number of carbonyl (C=O) groups is 1. The SMILES string of the molecule is CN1C=c2c(-c3ccc(F)cc3)c(C(=O)N(C)Cc3cc(C(F)(F)F)cc(C(F)(F)F)c3)n(C)c(=O)c2=CC1.I. The number of halogens is 8. The van der Waals surface area contributed by atoms with Crippen molar-refractivity contribution in [2.45, 2.75) is 18.9 Å². The van der Waals surface area contributed by atoms with Gasteiger partial charge in [-0.25, -0.2) is 4.39 Å². The molecule has 0 spiro atoms. The minimum absolute atomic E-state index is 0. The normalized spacial score (nSPS) is 13.1. The van der Waals surface area contributed by atoms with E-state index in [-0.39, 0.29) is 41.3 Å². The van der Waals surface area contributed by atoms with Gasteiger partial charge in [0.25, 0.3) is 11.5 Å². The van der Waals surface area contributed by atoms with Crippen LogP contribution >= 0.6 is 24.0 Å². The van der Waals surface area contributed by atoms with E-state index >= 15 is 0 Å². The van der Waals surface area contributed by atoms with Gasteiger partial charge in [-0.3, -0.25) is 9.59 Å². The highest BCUT2D eigenvalue weighted by atomic mass is 127. The molecule has 1 aromatic heterocycles. The van der Waals surface area contributed by atoms with Crippen molar-refractivity contribution < 1.29 is 35.5 Å². The van der Waals surface area contributed by atoms with Gasteiger partial charge in [0.1, 0.15) is 11.5 Å². The smallest absolute Gasteiger partial charge is 0.376 e. The summed E-state index contributed by atoms with van der Waals surface area (Å²) in [5.74, 6) is -1.37. The Balaban J connectivity index is 0.00000441. The topological polar surface area (TPSA) is 45.6 Å². The third kappa shape index (κ3) is 6.18. The molecule has 0 unspecified atom stereocenters. The van der Waals surface area contributed by atoms with Gasteiger partial charge in [0, 0.05) is 56.4 Å². The zero-order valence-electron chi connectivity index (χ0n) is 21.3. The lowest BCUT2D eigenvalue weighted by Crippen LogP contribution is -2.51. The number of hydrogen-bond acceptors (Lipinski definition) is 3. The van der Waals surface area contributed by atoms with Crippen LogP contribution in [-0.4, -0.2) is 40.9 Å². The number of fused-ring (bicyclic) bond motifs is 1. The van der Waals surface area contributed by atoms with Crippen molar-refractivity contribution in [2.24, 2.45) is 7.05 Å². The Kier molecular flexibility index (Phi) is 8.77. The van der Waals surface area contributed by atoms with Crippen LogP contribution < -0.4 is 16.0 Å². The predicted molar refractivity (Wildman–Crippen MR) is 146 cm³/mol. The van der Waals surface area contributed by atoms with Crippen molar-refractivity contribution in [2.75, 3.05) is 20.6 Å². The molecule has 2 heterocycles. The Hall–Kier alpha value is -3.36. The number of alkyl halides is 6. The van der Waals surface area contributed by atoms with E-state index in [1.54, 1.807) is 24.2 Å². The van der Waals surface area contributed by atoms with Crippen molar-refractivity contribution in [1.29, 1.82) is 0 Å². The predicted octanol–water partition coefficient (Wildman–Crippen LogP) is 4.58. The van der Waals surface area contributed by atoms with Crippen molar-refractivity contribution in [3.05, 3.63) is 91.5 Å². The molecular weight excluding hydrogens is 658 g/mol. The molecule has 40 heavy (non-hydrogen) atoms. The number of rotatable bonds is 4. The monoisotopic (exact) mass is 681 g/mol. The van der Waals surface area contributed by atoms with Crippen LogP contribution in [0.1, 0.15) is 27.2 Å². The van der Waals surface area contributed by atoms with Gasteiger partial charge < -0.3 is 14.4 Å². The standard InChI is InChI=1S/C27H22F7N3O2.HI/c1-35-9-8-20-21(14-35)22(16-4-6-19(28)7-5-16)23(37(3)24(20)38)25(39)36(2)13-15-10-17(26(29,30)31)12-18(11-15)27(32,33)34;/h4-8,10-12,14H,9,13H2,1-3H3;1H. The lowest BCUT2D eigenvalue weighted by atomic mass is 9.98. The summed E-state index contributed by atoms with van der Waals surface area (Å²) >= 11 is 0. The van der Waals surface area contributed by atoms with Crippen molar-refractivity contribution in [3.8, 4) is 11.1 Å². The third-order valence-electron chi connectivity index (χ3n) is 6.35. The van der Waals surface area contributed by atoms with Crippen LogP contribution in [0, 0.1) is 5.82 Å². The molecule has 0 fully saturated rings. The molecule has 4 rings (SSSR count). The summed E-state index contributed by atoms with van der Waals surface area (Å²) in [6.45, 7) is -0.203. The molecule has 0 saturated carbocycles. The first kappa shape index (κ1) is 31.2. The summed E-state index contributed by atoms with van der Waals surface area (Å²) in [5.41, 5.74) is -3.43. The van der Waals surface area contributed by atoms with Crippen LogP contribution in [0.3, 0.4) is 0 Å². The fourth-order valence-corrected chi connectivity index (χ4v) is 4.46. The van der Waals surface area contributed by atoms with Crippen molar-refractivity contribution >= 4 is 42.2 Å². The lowest BCUT2D eigenvalue weighted by Gasteiger charge is -2.24. The van der Waals surface area contributed by atoms with Gasteiger partial charge in [-0.15, -0.1) is 24.0 Å². The number of carbonyl (C=O) groups excluding carboxylic acids is 1. The highest BCUT2D eigenvalue weighted by Crippen LogP contribution is 2.36. The quantitative estimate of drug-likeness (QED) is 0.300. The molecule has 214 valence electrons. The van der Waals surface area contributed by atoms with Gasteiger partial charge in [0.2, 0.25) is 0 Å². The van der Waals surface area contributed by atoms with E-state index in [2.05, 4.69) is 0 Å². The molecule has 13 heteroatoms. The largest absolute Gasteiger partial charge is 0.416 e. The molecule has 2 aromatic carbocycles. The molecule has 0 N–H and O–H groups in total. The summed E-state index contributed by atoms with van der Waals surface area (Å²) in [6.07, 6.45) is -6.78. The number of hydrogen-bond donors (Lipinski definition) is 0. The van der Waals surface area contributed by atoms with Crippen LogP contribution in [0.4, 0.5) is 30.7 Å². The zero-order valence-corrected chi connectivity index (χ0v) is 23.7. The van der Waals surface area contributed by atoms with Crippen LogP contribution in [0.25, 0.3) is 23.4 Å². The lowest BCUT2D eigenvalue weighted by molar-refractivity contribution is -0.143.